The Morgan fingerprint density at radius 3 is 1.50 bits per heavy atom. The Bertz CT molecular complexity index is 238. The van der Waals surface area contributed by atoms with Crippen molar-refractivity contribution in [3.63, 3.8) is 0 Å². The third-order valence-electron chi connectivity index (χ3n) is 4.28. The quantitative estimate of drug-likeness (QED) is 0.709. The van der Waals surface area contributed by atoms with Gasteiger partial charge in [-0.1, -0.05) is 13.8 Å². The smallest absolute Gasteiger partial charge is 0.110 e. The highest BCUT2D eigenvalue weighted by Gasteiger charge is 2.41. The molecule has 18 heavy (non-hydrogen) atoms. The summed E-state index contributed by atoms with van der Waals surface area (Å²) in [7, 11) is 0. The number of hydrogen-bond acceptors (Lipinski definition) is 3. The maximum Gasteiger partial charge on any atom is 0.110 e. The molecule has 0 aromatic carbocycles. The molecule has 1 saturated heterocycles. The molecule has 3 nitrogen and oxygen atoms in total. The first-order valence-corrected chi connectivity index (χ1v) is 7.98. The molecular weight excluding hydrogens is 339 g/mol. The van der Waals surface area contributed by atoms with Crippen molar-refractivity contribution in [2.24, 2.45) is 5.92 Å². The zero-order valence-electron chi connectivity index (χ0n) is 12.7. The van der Waals surface area contributed by atoms with Gasteiger partial charge in [0, 0.05) is 38.3 Å². The van der Waals surface area contributed by atoms with Crippen LogP contribution in [0.15, 0.2) is 0 Å². The third-order valence-corrected chi connectivity index (χ3v) is 5.16. The van der Waals surface area contributed by atoms with Crippen molar-refractivity contribution < 1.29 is 3.07 Å². The highest BCUT2D eigenvalue weighted by atomic mass is 127. The van der Waals surface area contributed by atoms with Crippen molar-refractivity contribution in [3.05, 3.63) is 0 Å². The summed E-state index contributed by atoms with van der Waals surface area (Å²) in [6, 6.07) is 1.17. The molecule has 1 heterocycles. The van der Waals surface area contributed by atoms with Crippen LogP contribution in [0.25, 0.3) is 0 Å². The zero-order chi connectivity index (χ0) is 13.9. The molecular formula is C14H29IN2O. The van der Waals surface area contributed by atoms with Gasteiger partial charge in [-0.3, -0.25) is 9.80 Å². The van der Waals surface area contributed by atoms with Gasteiger partial charge in [0.2, 0.25) is 0 Å². The van der Waals surface area contributed by atoms with Crippen LogP contribution in [0.3, 0.4) is 0 Å². The monoisotopic (exact) mass is 368 g/mol. The lowest BCUT2D eigenvalue weighted by atomic mass is 9.89. The van der Waals surface area contributed by atoms with E-state index in [1.54, 1.807) is 0 Å². The fourth-order valence-corrected chi connectivity index (χ4v) is 3.32. The molecule has 0 radical (unpaired) electrons. The minimum atomic E-state index is -0.0500. The van der Waals surface area contributed by atoms with Crippen molar-refractivity contribution in [1.82, 2.24) is 9.80 Å². The highest BCUT2D eigenvalue weighted by Crippen LogP contribution is 2.30. The Balaban J connectivity index is 2.96. The molecule has 0 aromatic rings. The topological polar surface area (TPSA) is 15.7 Å². The molecule has 0 N–H and O–H groups in total. The maximum atomic E-state index is 5.97. The number of hydrogen-bond donors (Lipinski definition) is 0. The van der Waals surface area contributed by atoms with Gasteiger partial charge in [0.1, 0.15) is 28.6 Å². The molecule has 1 aliphatic heterocycles. The first-order chi connectivity index (χ1) is 8.32. The van der Waals surface area contributed by atoms with Crippen LogP contribution < -0.4 is 0 Å². The van der Waals surface area contributed by atoms with E-state index in [0.717, 1.165) is 26.2 Å². The standard InChI is InChI=1S/C14H29IN2O/c1-11(2)14(18-15)9-16(12(3)4)7-8-17(10-14)13(5)6/h11-13H,7-10H2,1-6H3. The molecule has 0 aliphatic carbocycles. The van der Waals surface area contributed by atoms with Gasteiger partial charge in [-0.25, -0.2) is 0 Å². The maximum absolute atomic E-state index is 5.97. The predicted molar refractivity (Wildman–Crippen MR) is 86.1 cm³/mol. The van der Waals surface area contributed by atoms with E-state index in [9.17, 15) is 0 Å². The van der Waals surface area contributed by atoms with Crippen LogP contribution in [-0.2, 0) is 3.07 Å². The summed E-state index contributed by atoms with van der Waals surface area (Å²) < 4.78 is 5.97. The molecule has 4 heteroatoms. The van der Waals surface area contributed by atoms with Crippen LogP contribution in [-0.4, -0.2) is 53.7 Å². The summed E-state index contributed by atoms with van der Waals surface area (Å²) in [5.74, 6) is 0.523. The molecule has 0 aromatic heterocycles. The van der Waals surface area contributed by atoms with Crippen LogP contribution in [0.4, 0.5) is 0 Å². The SMILES string of the molecule is CC(C)N1CCN(C(C)C)CC(OI)(C(C)C)C1. The summed E-state index contributed by atoms with van der Waals surface area (Å²) in [6.45, 7) is 18.0. The van der Waals surface area contributed by atoms with Crippen molar-refractivity contribution >= 4 is 23.0 Å². The van der Waals surface area contributed by atoms with Crippen LogP contribution in [0.5, 0.6) is 0 Å². The summed E-state index contributed by atoms with van der Waals surface area (Å²) in [4.78, 5) is 5.11. The normalized spacial score (nSPS) is 23.0. The third kappa shape index (κ3) is 3.81. The van der Waals surface area contributed by atoms with Crippen LogP contribution in [0.2, 0.25) is 0 Å². The molecule has 1 fully saturated rings. The molecule has 1 rings (SSSR count). The summed E-state index contributed by atoms with van der Waals surface area (Å²) >= 11 is 2.11. The lowest BCUT2D eigenvalue weighted by Crippen LogP contribution is -2.53. The van der Waals surface area contributed by atoms with Gasteiger partial charge in [0.25, 0.3) is 0 Å². The van der Waals surface area contributed by atoms with Crippen LogP contribution in [0.1, 0.15) is 41.5 Å². The second-order valence-electron chi connectivity index (χ2n) is 6.43. The lowest BCUT2D eigenvalue weighted by molar-refractivity contribution is 0.00750. The first-order valence-electron chi connectivity index (χ1n) is 7.10. The zero-order valence-corrected chi connectivity index (χ0v) is 14.9. The number of halogens is 1. The van der Waals surface area contributed by atoms with Gasteiger partial charge >= 0.3 is 0 Å². The van der Waals surface area contributed by atoms with Crippen LogP contribution in [0, 0.1) is 5.92 Å². The summed E-state index contributed by atoms with van der Waals surface area (Å²) in [5, 5.41) is 0. The van der Waals surface area contributed by atoms with E-state index in [0.29, 0.717) is 18.0 Å². The molecule has 1 aliphatic rings. The van der Waals surface area contributed by atoms with Crippen molar-refractivity contribution in [1.29, 1.82) is 0 Å². The molecule has 0 bridgehead atoms. The van der Waals surface area contributed by atoms with Gasteiger partial charge < -0.3 is 3.07 Å². The van der Waals surface area contributed by atoms with Gasteiger partial charge in [0.05, 0.1) is 0 Å². The largest absolute Gasteiger partial charge is 0.306 e. The Hall–Kier alpha value is 0.610. The molecule has 0 atom stereocenters. The number of rotatable bonds is 4. The predicted octanol–water partition coefficient (Wildman–Crippen LogP) is 3.18. The van der Waals surface area contributed by atoms with Crippen LogP contribution >= 0.6 is 23.0 Å². The fraction of sp³-hybridized carbons (Fsp3) is 1.00. The number of nitrogens with zero attached hydrogens (tertiary/aromatic N) is 2. The van der Waals surface area contributed by atoms with Gasteiger partial charge in [-0.15, -0.1) is 0 Å². The minimum Gasteiger partial charge on any atom is -0.306 e. The van der Waals surface area contributed by atoms with E-state index in [1.165, 1.54) is 0 Å². The second-order valence-corrected chi connectivity index (χ2v) is 6.87. The van der Waals surface area contributed by atoms with Gasteiger partial charge in [-0.05, 0) is 33.6 Å². The summed E-state index contributed by atoms with van der Waals surface area (Å²) in [6.07, 6.45) is 0. The lowest BCUT2D eigenvalue weighted by Gasteiger charge is -2.40. The fourth-order valence-electron chi connectivity index (χ4n) is 2.54. The van der Waals surface area contributed by atoms with Gasteiger partial charge in [-0.2, -0.15) is 0 Å². The Kier molecular flexibility index (Phi) is 6.35. The molecule has 0 amide bonds. The average Bonchev–Trinajstić information content (AvgIpc) is 2.49. The van der Waals surface area contributed by atoms with E-state index >= 15 is 0 Å². The van der Waals surface area contributed by atoms with E-state index in [-0.39, 0.29) is 5.60 Å². The van der Waals surface area contributed by atoms with E-state index in [4.69, 9.17) is 3.07 Å². The van der Waals surface area contributed by atoms with E-state index in [2.05, 4.69) is 74.3 Å². The molecule has 0 spiro atoms. The van der Waals surface area contributed by atoms with E-state index in [1.807, 2.05) is 0 Å². The highest BCUT2D eigenvalue weighted by molar-refractivity contribution is 14.1. The van der Waals surface area contributed by atoms with Crippen molar-refractivity contribution in [3.8, 4) is 0 Å². The average molecular weight is 368 g/mol. The van der Waals surface area contributed by atoms with Crippen molar-refractivity contribution in [2.75, 3.05) is 26.2 Å². The molecule has 0 unspecified atom stereocenters. The van der Waals surface area contributed by atoms with Crippen molar-refractivity contribution in [2.45, 2.75) is 59.2 Å². The second kappa shape index (κ2) is 6.86. The first kappa shape index (κ1) is 16.7. The molecule has 108 valence electrons. The molecule has 0 saturated carbocycles. The minimum absolute atomic E-state index is 0.0500. The van der Waals surface area contributed by atoms with E-state index < -0.39 is 0 Å². The Morgan fingerprint density at radius 1 is 0.889 bits per heavy atom. The Labute approximate surface area is 127 Å². The summed E-state index contributed by atoms with van der Waals surface area (Å²) in [5.41, 5.74) is -0.0500. The van der Waals surface area contributed by atoms with Gasteiger partial charge in [0.15, 0.2) is 0 Å². The Morgan fingerprint density at radius 2 is 1.28 bits per heavy atom.